The third kappa shape index (κ3) is 7.57. The molecule has 57 heavy (non-hydrogen) atoms. The lowest BCUT2D eigenvalue weighted by atomic mass is 9.92. The first-order valence-corrected chi connectivity index (χ1v) is 20.2. The van der Waals surface area contributed by atoms with Crippen molar-refractivity contribution in [1.82, 2.24) is 24.8 Å². The van der Waals surface area contributed by atoms with Crippen LogP contribution in [0.15, 0.2) is 37.9 Å². The maximum atomic E-state index is 17.1. The third-order valence-corrected chi connectivity index (χ3v) is 12.2. The van der Waals surface area contributed by atoms with Gasteiger partial charge in [-0.2, -0.15) is 9.97 Å². The Balaban J connectivity index is 1.13. The van der Waals surface area contributed by atoms with Gasteiger partial charge in [-0.1, -0.05) is 39.2 Å². The quantitative estimate of drug-likeness (QED) is 0.106. The van der Waals surface area contributed by atoms with Crippen LogP contribution in [0, 0.1) is 29.9 Å². The van der Waals surface area contributed by atoms with Crippen molar-refractivity contribution in [2.75, 3.05) is 44.3 Å². The molecular weight excluding hydrogens is 729 g/mol. The predicted molar refractivity (Wildman–Crippen MR) is 217 cm³/mol. The zero-order valence-corrected chi connectivity index (χ0v) is 33.1. The van der Waals surface area contributed by atoms with E-state index in [2.05, 4.69) is 25.7 Å². The summed E-state index contributed by atoms with van der Waals surface area (Å²) in [6.45, 7) is 10.7. The van der Waals surface area contributed by atoms with Crippen LogP contribution in [-0.4, -0.2) is 63.1 Å². The third-order valence-electron chi connectivity index (χ3n) is 12.2. The van der Waals surface area contributed by atoms with Crippen LogP contribution in [0.3, 0.4) is 0 Å². The van der Waals surface area contributed by atoms with Crippen LogP contribution in [0.5, 0.6) is 6.01 Å². The summed E-state index contributed by atoms with van der Waals surface area (Å²) < 4.78 is 49.5. The maximum Gasteiger partial charge on any atom is 0.519 e. The first kappa shape index (κ1) is 38.8. The molecule has 300 valence electrons. The van der Waals surface area contributed by atoms with Gasteiger partial charge in [-0.05, 0) is 107 Å². The number of hydrogen-bond donors (Lipinski definition) is 2. The highest BCUT2D eigenvalue weighted by Gasteiger charge is 2.45. The number of fused-ring (bicyclic) bond motifs is 3. The molecule has 1 unspecified atom stereocenters. The summed E-state index contributed by atoms with van der Waals surface area (Å²) in [5, 5.41) is 1.23. The lowest BCUT2D eigenvalue weighted by Gasteiger charge is -2.31. The number of nitrogens with zero attached hydrogens (tertiary/aromatic N) is 5. The van der Waals surface area contributed by atoms with Gasteiger partial charge in [-0.15, -0.1) is 6.42 Å². The summed E-state index contributed by atoms with van der Waals surface area (Å²) in [5.74, 6) is 2.03. The normalized spacial score (nSPS) is 18.9. The van der Waals surface area contributed by atoms with Crippen molar-refractivity contribution in [2.24, 2.45) is 5.92 Å². The zero-order valence-electron chi connectivity index (χ0n) is 33.1. The molecule has 0 spiro atoms. The van der Waals surface area contributed by atoms with Gasteiger partial charge >= 0.3 is 11.8 Å². The summed E-state index contributed by atoms with van der Waals surface area (Å²) in [6.07, 6.45) is 15.3. The number of benzene rings is 2. The van der Waals surface area contributed by atoms with E-state index in [1.54, 1.807) is 18.2 Å². The summed E-state index contributed by atoms with van der Waals surface area (Å²) in [6, 6.07) is 6.12. The Labute approximate surface area is 331 Å². The first-order chi connectivity index (χ1) is 27.3. The molecule has 4 N–H and O–H groups in total. The van der Waals surface area contributed by atoms with E-state index in [0.717, 1.165) is 84.0 Å². The van der Waals surface area contributed by atoms with Crippen LogP contribution in [0.25, 0.3) is 32.9 Å². The summed E-state index contributed by atoms with van der Waals surface area (Å²) in [7, 11) is 0. The Hall–Kier alpha value is -5.06. The molecule has 2 aromatic carbocycles. The lowest BCUT2D eigenvalue weighted by molar-refractivity contribution is 0.108. The predicted octanol–water partition coefficient (Wildman–Crippen LogP) is 7.74. The fourth-order valence-corrected chi connectivity index (χ4v) is 9.57. The smallest absolute Gasteiger partial charge is 0.461 e. The molecule has 8 rings (SSSR count). The van der Waals surface area contributed by atoms with Gasteiger partial charge in [0.1, 0.15) is 29.5 Å². The fourth-order valence-electron chi connectivity index (χ4n) is 9.57. The number of hydrogen-bond acceptors (Lipinski definition) is 11. The fraction of sp³-hybridized carbons (Fsp3) is 0.500. The van der Waals surface area contributed by atoms with Gasteiger partial charge in [0, 0.05) is 28.6 Å². The van der Waals surface area contributed by atoms with E-state index < -0.39 is 17.5 Å². The number of pyridine rings is 1. The van der Waals surface area contributed by atoms with Gasteiger partial charge in [0.15, 0.2) is 17.3 Å². The van der Waals surface area contributed by atoms with Crippen molar-refractivity contribution in [3.8, 4) is 29.6 Å². The Morgan fingerprint density at radius 3 is 2.56 bits per heavy atom. The number of aryl methyl sites for hydroxylation is 1. The van der Waals surface area contributed by atoms with Crippen LogP contribution >= 0.6 is 0 Å². The number of terminal acetylenes is 1. The van der Waals surface area contributed by atoms with Gasteiger partial charge in [-0.3, -0.25) is 9.80 Å². The number of rotatable bonds is 10. The van der Waals surface area contributed by atoms with E-state index in [9.17, 15) is 4.79 Å². The molecule has 3 fully saturated rings. The molecule has 3 saturated heterocycles. The monoisotopic (exact) mass is 779 g/mol. The highest BCUT2D eigenvalue weighted by atomic mass is 19.1. The van der Waals surface area contributed by atoms with Gasteiger partial charge < -0.3 is 25.0 Å². The zero-order chi connectivity index (χ0) is 40.1. The minimum absolute atomic E-state index is 0.00394. The molecule has 0 bridgehead atoms. The molecular formula is C44H51F2N7O4. The van der Waals surface area contributed by atoms with Crippen LogP contribution in [0.4, 0.5) is 20.3 Å². The van der Waals surface area contributed by atoms with E-state index in [1.807, 2.05) is 20.8 Å². The first-order valence-electron chi connectivity index (χ1n) is 20.2. The highest BCUT2D eigenvalue weighted by molar-refractivity contribution is 6.04. The largest absolute Gasteiger partial charge is 0.519 e. The van der Waals surface area contributed by atoms with Gasteiger partial charge in [0.05, 0.1) is 28.7 Å². The molecule has 0 amide bonds. The van der Waals surface area contributed by atoms with Crippen molar-refractivity contribution in [1.29, 1.82) is 0 Å². The standard InChI is InChI=1S/C44H51F2N7O4/c1-5-29-31(45)15-14-27-21-28(47)22-30(34(27)29)37-36(46)38-35(40(48)51-41(50-38)55-25-44-16-9-19-53(44)20-10-17-44)32(49-37)13-8-12-26-11-6-7-18-52(23-26)24-33-39(43(2,3)4)57-42(54)56-33/h1,14-15,21-22,26H,6-13,16-20,23-25,47H2,2-4H3,(H2,48,50,51). The molecule has 5 aromatic rings. The van der Waals surface area contributed by atoms with Crippen LogP contribution in [-0.2, 0) is 18.4 Å². The molecule has 3 aliphatic rings. The SMILES string of the molecule is C#Cc1c(F)ccc2cc(N)cc(-c3nc(CCCC4CCCCN(Cc5oc(=O)oc5C(C)(C)C)C4)c4c(N)nc(OCC56CCCN5CCC6)nc4c3F)c12. The lowest BCUT2D eigenvalue weighted by Crippen LogP contribution is -2.43. The number of aromatic nitrogens is 3. The molecule has 0 radical (unpaired) electrons. The molecule has 0 aliphatic carbocycles. The van der Waals surface area contributed by atoms with Crippen LogP contribution in [0.2, 0.25) is 0 Å². The topological polar surface area (TPSA) is 150 Å². The highest BCUT2D eigenvalue weighted by Crippen LogP contribution is 2.41. The average molecular weight is 780 g/mol. The van der Waals surface area contributed by atoms with Crippen molar-refractivity contribution in [3.05, 3.63) is 69.3 Å². The number of nitrogens with two attached hydrogens (primary N) is 2. The van der Waals surface area contributed by atoms with E-state index in [0.29, 0.717) is 64.6 Å². The van der Waals surface area contributed by atoms with Gasteiger partial charge in [0.25, 0.3) is 0 Å². The van der Waals surface area contributed by atoms with Gasteiger partial charge in [0.2, 0.25) is 0 Å². The molecule has 3 aliphatic heterocycles. The molecule has 0 saturated carbocycles. The summed E-state index contributed by atoms with van der Waals surface area (Å²) in [4.78, 5) is 31.0. The summed E-state index contributed by atoms with van der Waals surface area (Å²) in [5.41, 5.74) is 13.6. The second-order valence-electron chi connectivity index (χ2n) is 17.2. The average Bonchev–Trinajstić information content (AvgIpc) is 3.82. The number of likely N-dealkylation sites (tertiary alicyclic amines) is 1. The number of ether oxygens (including phenoxy) is 1. The number of nitrogen functional groups attached to an aromatic ring is 2. The van der Waals surface area contributed by atoms with Crippen molar-refractivity contribution in [3.63, 3.8) is 0 Å². The van der Waals surface area contributed by atoms with Crippen molar-refractivity contribution in [2.45, 2.75) is 102 Å². The molecule has 13 heteroatoms. The maximum absolute atomic E-state index is 17.1. The number of anilines is 2. The van der Waals surface area contributed by atoms with Crippen LogP contribution in [0.1, 0.15) is 101 Å². The van der Waals surface area contributed by atoms with Crippen LogP contribution < -0.4 is 22.0 Å². The van der Waals surface area contributed by atoms with E-state index in [-0.39, 0.29) is 45.1 Å². The minimum Gasteiger partial charge on any atom is -0.461 e. The Morgan fingerprint density at radius 2 is 1.81 bits per heavy atom. The Bertz CT molecular complexity index is 2420. The summed E-state index contributed by atoms with van der Waals surface area (Å²) >= 11 is 0. The molecule has 11 nitrogen and oxygen atoms in total. The molecule has 6 heterocycles. The second-order valence-corrected chi connectivity index (χ2v) is 17.2. The second kappa shape index (κ2) is 15.4. The minimum atomic E-state index is -0.742. The van der Waals surface area contributed by atoms with Crippen molar-refractivity contribution >= 4 is 33.2 Å². The van der Waals surface area contributed by atoms with Crippen molar-refractivity contribution < 1.29 is 22.4 Å². The Kier molecular flexibility index (Phi) is 10.5. The van der Waals surface area contributed by atoms with E-state index in [1.165, 1.54) is 6.07 Å². The number of halogens is 2. The Morgan fingerprint density at radius 1 is 1.02 bits per heavy atom. The van der Waals surface area contributed by atoms with E-state index in [4.69, 9.17) is 36.4 Å². The molecule has 3 aromatic heterocycles. The molecule has 1 atom stereocenters. The van der Waals surface area contributed by atoms with E-state index >= 15 is 8.78 Å². The van der Waals surface area contributed by atoms with Gasteiger partial charge in [-0.25, -0.2) is 18.6 Å².